The Bertz CT molecular complexity index is 2940. The minimum Gasteiger partial charge on any atom is -0.309 e. The Hall–Kier alpha value is -6.84. The van der Waals surface area contributed by atoms with Crippen LogP contribution in [0.3, 0.4) is 0 Å². The van der Waals surface area contributed by atoms with Crippen molar-refractivity contribution in [2.75, 3.05) is 0 Å². The second kappa shape index (κ2) is 12.7. The standard InChI is InChI=1S/C50H35N3/c1-33(35-12-3-2-4-13-35)51-50(38-26-24-37(25-27-38)42-20-11-17-36-14-7-8-18-41(36)42)52-46-29-23-34-22-28-43-45-31-39-15-5-6-16-40(39)32-49(45)53(48(43)30-34)47-21-10-9-19-44(46)47/h2-22,24-28,30-32H,1,23,29H2. The number of fused-ring (bicyclic) bond motifs is 8. The average Bonchev–Trinajstić information content (AvgIpc) is 3.54. The maximum absolute atomic E-state index is 5.52. The average molecular weight is 678 g/mol. The second-order valence-corrected chi connectivity index (χ2v) is 13.8. The van der Waals surface area contributed by atoms with Gasteiger partial charge in [0.25, 0.3) is 0 Å². The molecule has 0 spiro atoms. The summed E-state index contributed by atoms with van der Waals surface area (Å²) < 4.78 is 2.44. The Balaban J connectivity index is 1.16. The molecule has 2 bridgehead atoms. The summed E-state index contributed by atoms with van der Waals surface area (Å²) in [5.41, 5.74) is 11.9. The zero-order chi connectivity index (χ0) is 35.3. The number of nitrogens with zero attached hydrogens (tertiary/aromatic N) is 3. The third-order valence-electron chi connectivity index (χ3n) is 10.6. The van der Waals surface area contributed by atoms with Crippen LogP contribution in [-0.2, 0) is 6.42 Å². The SMILES string of the molecule is C=C(N=C(N=C1CCc2ccc3c4cc5ccccc5cc4n(c3c2)-c2ccccc21)c1ccc(-c2cccc3ccccc23)cc1)c1ccccc1. The molecule has 8 aromatic carbocycles. The van der Waals surface area contributed by atoms with E-state index in [1.54, 1.807) is 0 Å². The summed E-state index contributed by atoms with van der Waals surface area (Å²) in [5.74, 6) is 0.646. The van der Waals surface area contributed by atoms with Gasteiger partial charge in [-0.15, -0.1) is 0 Å². The van der Waals surface area contributed by atoms with Crippen LogP contribution in [0.25, 0.3) is 65.9 Å². The Kier molecular flexibility index (Phi) is 7.43. The largest absolute Gasteiger partial charge is 0.309 e. The first kappa shape index (κ1) is 30.9. The molecule has 0 fully saturated rings. The Morgan fingerprint density at radius 3 is 2.02 bits per heavy atom. The van der Waals surface area contributed by atoms with Crippen molar-refractivity contribution >= 4 is 60.6 Å². The molecule has 1 aliphatic heterocycles. The van der Waals surface area contributed by atoms with E-state index in [0.717, 1.165) is 46.5 Å². The molecule has 0 atom stereocenters. The van der Waals surface area contributed by atoms with E-state index in [1.807, 2.05) is 30.3 Å². The molecule has 53 heavy (non-hydrogen) atoms. The summed E-state index contributed by atoms with van der Waals surface area (Å²) in [7, 11) is 0. The molecule has 1 aromatic heterocycles. The van der Waals surface area contributed by atoms with Gasteiger partial charge in [-0.2, -0.15) is 0 Å². The topological polar surface area (TPSA) is 29.6 Å². The number of para-hydroxylation sites is 1. The van der Waals surface area contributed by atoms with Gasteiger partial charge in [0.15, 0.2) is 5.84 Å². The van der Waals surface area contributed by atoms with Crippen molar-refractivity contribution in [3.63, 3.8) is 0 Å². The van der Waals surface area contributed by atoms with Crippen LogP contribution in [0, 0.1) is 0 Å². The Morgan fingerprint density at radius 1 is 0.491 bits per heavy atom. The number of benzene rings is 8. The number of aromatic nitrogens is 1. The van der Waals surface area contributed by atoms with Crippen LogP contribution < -0.4 is 0 Å². The minimum absolute atomic E-state index is 0.646. The molecule has 0 radical (unpaired) electrons. The predicted octanol–water partition coefficient (Wildman–Crippen LogP) is 12.6. The van der Waals surface area contributed by atoms with Gasteiger partial charge >= 0.3 is 0 Å². The van der Waals surface area contributed by atoms with Crippen molar-refractivity contribution < 1.29 is 0 Å². The molecule has 2 heterocycles. The third-order valence-corrected chi connectivity index (χ3v) is 10.6. The molecule has 10 rings (SSSR count). The van der Waals surface area contributed by atoms with E-state index >= 15 is 0 Å². The monoisotopic (exact) mass is 677 g/mol. The molecular weight excluding hydrogens is 643 g/mol. The fraction of sp³-hybridized carbons (Fsp3) is 0.0400. The van der Waals surface area contributed by atoms with Crippen molar-refractivity contribution in [2.45, 2.75) is 12.8 Å². The summed E-state index contributed by atoms with van der Waals surface area (Å²) in [6.07, 6.45) is 1.62. The van der Waals surface area contributed by atoms with Crippen molar-refractivity contribution in [2.24, 2.45) is 9.98 Å². The summed E-state index contributed by atoms with van der Waals surface area (Å²) in [4.78, 5) is 10.7. The molecule has 250 valence electrons. The van der Waals surface area contributed by atoms with Crippen molar-refractivity contribution in [1.82, 2.24) is 4.57 Å². The fourth-order valence-electron chi connectivity index (χ4n) is 7.97. The van der Waals surface area contributed by atoms with E-state index in [9.17, 15) is 0 Å². The zero-order valence-corrected chi connectivity index (χ0v) is 29.2. The third kappa shape index (κ3) is 5.46. The highest BCUT2D eigenvalue weighted by Gasteiger charge is 2.21. The molecular formula is C50H35N3. The van der Waals surface area contributed by atoms with Crippen molar-refractivity contribution in [1.29, 1.82) is 0 Å². The number of aliphatic imine (C=N–C) groups is 2. The second-order valence-electron chi connectivity index (χ2n) is 13.8. The van der Waals surface area contributed by atoms with E-state index in [-0.39, 0.29) is 0 Å². The van der Waals surface area contributed by atoms with Crippen LogP contribution in [-0.4, -0.2) is 16.1 Å². The lowest BCUT2D eigenvalue weighted by molar-refractivity contribution is 1.04. The van der Waals surface area contributed by atoms with Crippen LogP contribution >= 0.6 is 0 Å². The van der Waals surface area contributed by atoms with Crippen LogP contribution in [0.15, 0.2) is 192 Å². The zero-order valence-electron chi connectivity index (χ0n) is 29.2. The predicted molar refractivity (Wildman–Crippen MR) is 225 cm³/mol. The van der Waals surface area contributed by atoms with E-state index in [4.69, 9.17) is 9.98 Å². The number of rotatable bonds is 4. The van der Waals surface area contributed by atoms with Crippen LogP contribution in [0.4, 0.5) is 0 Å². The van der Waals surface area contributed by atoms with Crippen LogP contribution in [0.2, 0.25) is 0 Å². The lowest BCUT2D eigenvalue weighted by Gasteiger charge is -2.16. The van der Waals surface area contributed by atoms with Gasteiger partial charge in [0.05, 0.1) is 28.1 Å². The van der Waals surface area contributed by atoms with E-state index < -0.39 is 0 Å². The molecule has 0 unspecified atom stereocenters. The van der Waals surface area contributed by atoms with Crippen LogP contribution in [0.5, 0.6) is 0 Å². The van der Waals surface area contributed by atoms with Crippen LogP contribution in [0.1, 0.15) is 28.7 Å². The quantitative estimate of drug-likeness (QED) is 0.131. The lowest BCUT2D eigenvalue weighted by Crippen LogP contribution is -2.11. The maximum atomic E-state index is 5.52. The first-order valence-corrected chi connectivity index (χ1v) is 18.2. The van der Waals surface area contributed by atoms with E-state index in [2.05, 4.69) is 157 Å². The molecule has 0 aliphatic carbocycles. The summed E-state index contributed by atoms with van der Waals surface area (Å²) in [5, 5.41) is 7.46. The van der Waals surface area contributed by atoms with Gasteiger partial charge in [-0.05, 0) is 80.9 Å². The minimum atomic E-state index is 0.646. The van der Waals surface area contributed by atoms with Crippen molar-refractivity contribution in [3.05, 3.63) is 205 Å². The summed E-state index contributed by atoms with van der Waals surface area (Å²) in [6.45, 7) is 4.41. The summed E-state index contributed by atoms with van der Waals surface area (Å²) in [6, 6.07) is 62.8. The molecule has 0 saturated carbocycles. The van der Waals surface area contributed by atoms with Crippen molar-refractivity contribution in [3.8, 4) is 16.8 Å². The van der Waals surface area contributed by atoms with Gasteiger partial charge in [0, 0.05) is 21.9 Å². The van der Waals surface area contributed by atoms with Gasteiger partial charge in [-0.1, -0.05) is 158 Å². The maximum Gasteiger partial charge on any atom is 0.160 e. The number of hydrogen-bond donors (Lipinski definition) is 0. The smallest absolute Gasteiger partial charge is 0.160 e. The highest BCUT2D eigenvalue weighted by atomic mass is 15.0. The summed E-state index contributed by atoms with van der Waals surface area (Å²) >= 11 is 0. The molecule has 3 nitrogen and oxygen atoms in total. The normalized spacial score (nSPS) is 13.7. The molecule has 0 amide bonds. The molecule has 0 N–H and O–H groups in total. The van der Waals surface area contributed by atoms with Gasteiger partial charge < -0.3 is 4.57 Å². The molecule has 1 aliphatic rings. The number of hydrogen-bond acceptors (Lipinski definition) is 1. The Morgan fingerprint density at radius 2 is 1.17 bits per heavy atom. The Labute approximate surface area is 308 Å². The highest BCUT2D eigenvalue weighted by Crippen LogP contribution is 2.38. The lowest BCUT2D eigenvalue weighted by atomic mass is 9.97. The number of aryl methyl sites for hydroxylation is 1. The highest BCUT2D eigenvalue weighted by molar-refractivity contribution is 6.18. The van der Waals surface area contributed by atoms with Gasteiger partial charge in [-0.3, -0.25) is 0 Å². The number of amidine groups is 1. The van der Waals surface area contributed by atoms with Gasteiger partial charge in [0.2, 0.25) is 0 Å². The first-order valence-electron chi connectivity index (χ1n) is 18.2. The molecule has 3 heteroatoms. The molecule has 9 aromatic rings. The van der Waals surface area contributed by atoms with Gasteiger partial charge in [-0.25, -0.2) is 9.98 Å². The van der Waals surface area contributed by atoms with Gasteiger partial charge in [0.1, 0.15) is 0 Å². The first-order chi connectivity index (χ1) is 26.2. The molecule has 0 saturated heterocycles. The van der Waals surface area contributed by atoms with E-state index in [0.29, 0.717) is 11.5 Å². The van der Waals surface area contributed by atoms with E-state index in [1.165, 1.54) is 54.5 Å². The fourth-order valence-corrected chi connectivity index (χ4v) is 7.97.